The van der Waals surface area contributed by atoms with E-state index < -0.39 is 0 Å². The molecular formula is C18H25N5OS. The van der Waals surface area contributed by atoms with Crippen LogP contribution >= 0.6 is 11.3 Å². The fourth-order valence-corrected chi connectivity index (χ4v) is 2.99. The van der Waals surface area contributed by atoms with Crippen LogP contribution in [0.2, 0.25) is 0 Å². The Balaban J connectivity index is 2.09. The molecule has 0 saturated carbocycles. The van der Waals surface area contributed by atoms with E-state index in [1.54, 1.807) is 24.5 Å². The Kier molecular flexibility index (Phi) is 6.94. The van der Waals surface area contributed by atoms with Crippen molar-refractivity contribution in [1.29, 1.82) is 0 Å². The summed E-state index contributed by atoms with van der Waals surface area (Å²) in [6, 6.07) is 7.52. The van der Waals surface area contributed by atoms with Gasteiger partial charge >= 0.3 is 0 Å². The summed E-state index contributed by atoms with van der Waals surface area (Å²) in [6.45, 7) is 6.05. The Morgan fingerprint density at radius 3 is 2.84 bits per heavy atom. The van der Waals surface area contributed by atoms with Gasteiger partial charge in [-0.25, -0.2) is 9.98 Å². The molecule has 1 aromatic heterocycles. The Labute approximate surface area is 153 Å². The smallest absolute Gasteiger partial charge is 0.251 e. The van der Waals surface area contributed by atoms with Crippen molar-refractivity contribution in [3.05, 3.63) is 51.5 Å². The van der Waals surface area contributed by atoms with Crippen molar-refractivity contribution in [2.45, 2.75) is 26.9 Å². The predicted molar refractivity (Wildman–Crippen MR) is 103 cm³/mol. The van der Waals surface area contributed by atoms with Crippen LogP contribution in [0.3, 0.4) is 0 Å². The van der Waals surface area contributed by atoms with Gasteiger partial charge in [0, 0.05) is 31.6 Å². The number of aromatic nitrogens is 1. The summed E-state index contributed by atoms with van der Waals surface area (Å²) in [7, 11) is 3.63. The number of carbonyl (C=O) groups excluding carboxylic acids is 1. The van der Waals surface area contributed by atoms with Crippen molar-refractivity contribution in [3.8, 4) is 0 Å². The topological polar surface area (TPSA) is 69.6 Å². The lowest BCUT2D eigenvalue weighted by molar-refractivity contribution is 0.0963. The number of thiazole rings is 1. The van der Waals surface area contributed by atoms with Crippen molar-refractivity contribution in [2.75, 3.05) is 20.6 Å². The molecule has 1 heterocycles. The van der Waals surface area contributed by atoms with E-state index in [9.17, 15) is 4.79 Å². The van der Waals surface area contributed by atoms with Gasteiger partial charge in [-0.2, -0.15) is 0 Å². The molecule has 7 heteroatoms. The highest BCUT2D eigenvalue weighted by Crippen LogP contribution is 2.11. The number of hydrogen-bond acceptors (Lipinski definition) is 4. The number of nitrogens with zero attached hydrogens (tertiary/aromatic N) is 3. The van der Waals surface area contributed by atoms with Crippen LogP contribution in [0.15, 0.2) is 34.6 Å². The lowest BCUT2D eigenvalue weighted by atomic mass is 10.1. The number of aryl methyl sites for hydroxylation is 1. The average molecular weight is 359 g/mol. The van der Waals surface area contributed by atoms with Crippen LogP contribution in [0.4, 0.5) is 0 Å². The zero-order valence-electron chi connectivity index (χ0n) is 15.2. The molecule has 25 heavy (non-hydrogen) atoms. The van der Waals surface area contributed by atoms with Crippen LogP contribution in [0.25, 0.3) is 0 Å². The van der Waals surface area contributed by atoms with Crippen LogP contribution in [-0.4, -0.2) is 42.4 Å². The molecule has 0 saturated heterocycles. The minimum atomic E-state index is -0.0891. The van der Waals surface area contributed by atoms with E-state index in [1.165, 1.54) is 0 Å². The first kappa shape index (κ1) is 18.9. The summed E-state index contributed by atoms with van der Waals surface area (Å²) in [6.07, 6.45) is 0. The SMILES string of the molecule is CCNC(=NCc1cccc(C(=O)NC)c1)N(C)Cc1csc(C)n1. The number of carbonyl (C=O) groups is 1. The van der Waals surface area contributed by atoms with Crippen molar-refractivity contribution >= 4 is 23.2 Å². The lowest BCUT2D eigenvalue weighted by Crippen LogP contribution is -2.38. The molecule has 0 aliphatic heterocycles. The molecule has 6 nitrogen and oxygen atoms in total. The molecule has 0 aliphatic carbocycles. The van der Waals surface area contributed by atoms with E-state index in [0.29, 0.717) is 18.7 Å². The highest BCUT2D eigenvalue weighted by Gasteiger charge is 2.09. The highest BCUT2D eigenvalue weighted by molar-refractivity contribution is 7.09. The largest absolute Gasteiger partial charge is 0.357 e. The maximum Gasteiger partial charge on any atom is 0.251 e. The second-order valence-corrected chi connectivity index (χ2v) is 6.73. The monoisotopic (exact) mass is 359 g/mol. The molecule has 2 N–H and O–H groups in total. The van der Waals surface area contributed by atoms with E-state index >= 15 is 0 Å². The molecule has 0 radical (unpaired) electrons. The van der Waals surface area contributed by atoms with E-state index in [0.717, 1.165) is 28.8 Å². The van der Waals surface area contributed by atoms with Gasteiger partial charge in [0.15, 0.2) is 5.96 Å². The Morgan fingerprint density at radius 2 is 2.20 bits per heavy atom. The van der Waals surface area contributed by atoms with Crippen molar-refractivity contribution < 1.29 is 4.79 Å². The predicted octanol–water partition coefficient (Wildman–Crippen LogP) is 2.41. The van der Waals surface area contributed by atoms with E-state index in [4.69, 9.17) is 0 Å². The Hall–Kier alpha value is -2.41. The first-order chi connectivity index (χ1) is 12.0. The highest BCUT2D eigenvalue weighted by atomic mass is 32.1. The van der Waals surface area contributed by atoms with Crippen LogP contribution < -0.4 is 10.6 Å². The summed E-state index contributed by atoms with van der Waals surface area (Å²) >= 11 is 1.65. The number of nitrogens with one attached hydrogen (secondary N) is 2. The number of hydrogen-bond donors (Lipinski definition) is 2. The average Bonchev–Trinajstić information content (AvgIpc) is 3.02. The molecule has 2 rings (SSSR count). The summed E-state index contributed by atoms with van der Waals surface area (Å²) in [5.74, 6) is 0.729. The molecule has 2 aromatic rings. The quantitative estimate of drug-likeness (QED) is 0.614. The molecule has 0 spiro atoms. The number of guanidine groups is 1. The van der Waals surface area contributed by atoms with Gasteiger partial charge in [0.1, 0.15) is 0 Å². The summed E-state index contributed by atoms with van der Waals surface area (Å²) in [5.41, 5.74) is 2.68. The van der Waals surface area contributed by atoms with Crippen molar-refractivity contribution in [2.24, 2.45) is 4.99 Å². The van der Waals surface area contributed by atoms with E-state index in [1.807, 2.05) is 39.1 Å². The molecule has 0 atom stereocenters. The van der Waals surface area contributed by atoms with Gasteiger partial charge in [-0.3, -0.25) is 4.79 Å². The normalized spacial score (nSPS) is 11.3. The molecule has 0 bridgehead atoms. The zero-order valence-corrected chi connectivity index (χ0v) is 16.0. The lowest BCUT2D eigenvalue weighted by Gasteiger charge is -2.21. The van der Waals surface area contributed by atoms with Gasteiger partial charge in [-0.1, -0.05) is 12.1 Å². The minimum Gasteiger partial charge on any atom is -0.357 e. The fourth-order valence-electron chi connectivity index (χ4n) is 2.39. The van der Waals surface area contributed by atoms with Gasteiger partial charge in [0.2, 0.25) is 0 Å². The zero-order chi connectivity index (χ0) is 18.2. The van der Waals surface area contributed by atoms with Crippen molar-refractivity contribution in [1.82, 2.24) is 20.5 Å². The first-order valence-corrected chi connectivity index (χ1v) is 9.13. The summed E-state index contributed by atoms with van der Waals surface area (Å²) < 4.78 is 0. The van der Waals surface area contributed by atoms with Gasteiger partial charge in [-0.15, -0.1) is 11.3 Å². The van der Waals surface area contributed by atoms with E-state index in [2.05, 4.69) is 30.9 Å². The molecule has 0 fully saturated rings. The Bertz CT molecular complexity index is 741. The third kappa shape index (κ3) is 5.56. The Morgan fingerprint density at radius 1 is 1.40 bits per heavy atom. The maximum absolute atomic E-state index is 11.7. The third-order valence-electron chi connectivity index (χ3n) is 3.59. The summed E-state index contributed by atoms with van der Waals surface area (Å²) in [4.78, 5) is 23.0. The molecule has 0 unspecified atom stereocenters. The third-order valence-corrected chi connectivity index (χ3v) is 4.41. The maximum atomic E-state index is 11.7. The van der Waals surface area contributed by atoms with Gasteiger partial charge in [-0.05, 0) is 31.5 Å². The number of aliphatic imine (C=N–C) groups is 1. The first-order valence-electron chi connectivity index (χ1n) is 8.25. The molecule has 1 amide bonds. The summed E-state index contributed by atoms with van der Waals surface area (Å²) in [5, 5.41) is 9.08. The van der Waals surface area contributed by atoms with Crippen LogP contribution in [0.1, 0.15) is 33.5 Å². The van der Waals surface area contributed by atoms with Gasteiger partial charge < -0.3 is 15.5 Å². The number of amides is 1. The minimum absolute atomic E-state index is 0.0891. The standard InChI is InChI=1S/C18H25N5OS/c1-5-20-18(23(4)11-16-12-25-13(2)22-16)21-10-14-7-6-8-15(9-14)17(24)19-3/h6-9,12H,5,10-11H2,1-4H3,(H,19,24)(H,20,21). The van der Waals surface area contributed by atoms with Crippen LogP contribution in [0, 0.1) is 6.92 Å². The second kappa shape index (κ2) is 9.17. The second-order valence-electron chi connectivity index (χ2n) is 5.66. The van der Waals surface area contributed by atoms with E-state index in [-0.39, 0.29) is 5.91 Å². The van der Waals surface area contributed by atoms with Crippen molar-refractivity contribution in [3.63, 3.8) is 0 Å². The van der Waals surface area contributed by atoms with Gasteiger partial charge in [0.05, 0.1) is 23.8 Å². The fraction of sp³-hybridized carbons (Fsp3) is 0.389. The van der Waals surface area contributed by atoms with Crippen LogP contribution in [0.5, 0.6) is 0 Å². The molecule has 0 aliphatic rings. The molecule has 1 aromatic carbocycles. The number of rotatable bonds is 6. The van der Waals surface area contributed by atoms with Crippen LogP contribution in [-0.2, 0) is 13.1 Å². The number of benzene rings is 1. The van der Waals surface area contributed by atoms with Gasteiger partial charge in [0.25, 0.3) is 5.91 Å². The molecular weight excluding hydrogens is 334 g/mol. The molecule has 134 valence electrons.